The van der Waals surface area contributed by atoms with Gasteiger partial charge in [-0.25, -0.2) is 0 Å². The fraction of sp³-hybridized carbons (Fsp3) is 0.833. The molecule has 2 unspecified atom stereocenters. The minimum Gasteiger partial charge on any atom is -0.438 e. The molecule has 0 aliphatic carbocycles. The predicted molar refractivity (Wildman–Crippen MR) is 38.8 cm³/mol. The molecule has 1 aliphatic rings. The van der Waals surface area contributed by atoms with Crippen LogP contribution in [0.25, 0.3) is 0 Å². The predicted octanol–water partition coefficient (Wildman–Crippen LogP) is -0.136. The van der Waals surface area contributed by atoms with E-state index in [0.29, 0.717) is 11.6 Å². The molecule has 1 aliphatic heterocycles. The van der Waals surface area contributed by atoms with Gasteiger partial charge in [-0.3, -0.25) is 0 Å². The van der Waals surface area contributed by atoms with Crippen molar-refractivity contribution in [1.82, 2.24) is 0 Å². The van der Waals surface area contributed by atoms with Gasteiger partial charge in [-0.2, -0.15) is 0 Å². The summed E-state index contributed by atoms with van der Waals surface area (Å²) in [5.74, 6) is 0. The molecule has 0 bridgehead atoms. The number of ether oxygens (including phenoxy) is 1. The molecule has 2 nitrogen and oxygen atoms in total. The van der Waals surface area contributed by atoms with Gasteiger partial charge in [0.15, 0.2) is 9.76 Å². The van der Waals surface area contributed by atoms with E-state index in [4.69, 9.17) is 9.53 Å². The first kappa shape index (κ1) is 7.25. The molecule has 0 spiro atoms. The van der Waals surface area contributed by atoms with E-state index in [1.54, 1.807) is 0 Å². The molecule has 1 rings (SSSR count). The molecular formula is C6H13O2Si. The van der Waals surface area contributed by atoms with Crippen molar-refractivity contribution < 1.29 is 9.53 Å². The summed E-state index contributed by atoms with van der Waals surface area (Å²) in [5, 5.41) is 0. The normalized spacial score (nSPS) is 29.3. The Bertz CT molecular complexity index is 79.1. The summed E-state index contributed by atoms with van der Waals surface area (Å²) >= 11 is 0. The zero-order chi connectivity index (χ0) is 6.69. The van der Waals surface area contributed by atoms with Crippen LogP contribution in [0.15, 0.2) is 0 Å². The third kappa shape index (κ3) is 2.47. The van der Waals surface area contributed by atoms with Crippen LogP contribution < -0.4 is 0 Å². The van der Waals surface area contributed by atoms with Gasteiger partial charge in [0.25, 0.3) is 0 Å². The van der Waals surface area contributed by atoms with E-state index in [9.17, 15) is 0 Å². The minimum absolute atomic E-state index is 0.469. The van der Waals surface area contributed by atoms with E-state index < -0.39 is 9.76 Å². The second-order valence-corrected chi connectivity index (χ2v) is 4.05. The quantitative estimate of drug-likeness (QED) is 0.441. The third-order valence-electron chi connectivity index (χ3n) is 1.67. The van der Waals surface area contributed by atoms with E-state index in [0.717, 1.165) is 19.4 Å². The molecule has 1 saturated heterocycles. The first-order valence-corrected chi connectivity index (χ1v) is 4.83. The van der Waals surface area contributed by atoms with Gasteiger partial charge in [0.2, 0.25) is 0 Å². The molecule has 0 amide bonds. The number of hydrogen-bond donors (Lipinski definition) is 1. The molecule has 0 saturated carbocycles. The van der Waals surface area contributed by atoms with Crippen LogP contribution in [0.1, 0.15) is 12.8 Å². The SMILES string of the molecule is [CH2]CC(CC1CO1)[SiH2]O. The van der Waals surface area contributed by atoms with Crippen LogP contribution in [0.3, 0.4) is 0 Å². The fourth-order valence-corrected chi connectivity index (χ4v) is 1.56. The zero-order valence-electron chi connectivity index (χ0n) is 5.55. The Balaban J connectivity index is 2.05. The van der Waals surface area contributed by atoms with Crippen LogP contribution in [0.5, 0.6) is 0 Å². The number of hydrogen-bond acceptors (Lipinski definition) is 2. The molecular weight excluding hydrogens is 132 g/mol. The summed E-state index contributed by atoms with van der Waals surface area (Å²) in [6.07, 6.45) is 2.39. The average molecular weight is 145 g/mol. The van der Waals surface area contributed by atoms with Crippen molar-refractivity contribution in [3.05, 3.63) is 6.92 Å². The maximum Gasteiger partial charge on any atom is 0.159 e. The first-order chi connectivity index (χ1) is 4.36. The highest BCUT2D eigenvalue weighted by atomic mass is 28.2. The highest BCUT2D eigenvalue weighted by molar-refractivity contribution is 6.27. The standard InChI is InChI=1S/C6H13O2Si/c1-2-6(9-7)3-5-4-8-5/h5-7H,1-4,9H2. The summed E-state index contributed by atoms with van der Waals surface area (Å²) < 4.78 is 5.03. The first-order valence-electron chi connectivity index (χ1n) is 3.38. The Labute approximate surface area is 58.2 Å². The number of rotatable bonds is 4. The lowest BCUT2D eigenvalue weighted by atomic mass is 10.2. The molecule has 1 fully saturated rings. The second kappa shape index (κ2) is 3.34. The van der Waals surface area contributed by atoms with Crippen molar-refractivity contribution in [2.75, 3.05) is 6.61 Å². The van der Waals surface area contributed by atoms with Crippen LogP contribution in [-0.2, 0) is 4.74 Å². The summed E-state index contributed by atoms with van der Waals surface area (Å²) in [6.45, 7) is 4.66. The van der Waals surface area contributed by atoms with Gasteiger partial charge >= 0.3 is 0 Å². The second-order valence-electron chi connectivity index (χ2n) is 2.53. The van der Waals surface area contributed by atoms with Crippen LogP contribution in [-0.4, -0.2) is 27.3 Å². The Morgan fingerprint density at radius 2 is 2.56 bits per heavy atom. The average Bonchev–Trinajstić information content (AvgIpc) is 2.66. The molecule has 2 atom stereocenters. The Kier molecular flexibility index (Phi) is 2.69. The molecule has 9 heavy (non-hydrogen) atoms. The van der Waals surface area contributed by atoms with E-state index in [2.05, 4.69) is 6.92 Å². The topological polar surface area (TPSA) is 32.8 Å². The van der Waals surface area contributed by atoms with Gasteiger partial charge in [-0.05, 0) is 12.0 Å². The van der Waals surface area contributed by atoms with Crippen LogP contribution in [0, 0.1) is 6.92 Å². The van der Waals surface area contributed by atoms with Gasteiger partial charge in [-0.15, -0.1) is 0 Å². The fourth-order valence-electron chi connectivity index (χ4n) is 0.860. The smallest absolute Gasteiger partial charge is 0.159 e. The Morgan fingerprint density at radius 1 is 1.89 bits per heavy atom. The zero-order valence-corrected chi connectivity index (χ0v) is 6.96. The Morgan fingerprint density at radius 3 is 2.89 bits per heavy atom. The molecule has 0 aromatic rings. The minimum atomic E-state index is -0.817. The maximum absolute atomic E-state index is 8.85. The van der Waals surface area contributed by atoms with Gasteiger partial charge < -0.3 is 9.53 Å². The van der Waals surface area contributed by atoms with Crippen molar-refractivity contribution in [2.45, 2.75) is 24.5 Å². The third-order valence-corrected chi connectivity index (χ3v) is 2.92. The molecule has 53 valence electrons. The molecule has 1 heterocycles. The van der Waals surface area contributed by atoms with Crippen molar-refractivity contribution in [1.29, 1.82) is 0 Å². The highest BCUT2D eigenvalue weighted by Crippen LogP contribution is 2.23. The van der Waals surface area contributed by atoms with Crippen LogP contribution in [0.2, 0.25) is 5.54 Å². The van der Waals surface area contributed by atoms with Gasteiger partial charge in [0, 0.05) is 0 Å². The molecule has 0 aromatic carbocycles. The van der Waals surface area contributed by atoms with Crippen molar-refractivity contribution >= 4 is 9.76 Å². The molecule has 1 radical (unpaired) electrons. The van der Waals surface area contributed by atoms with Gasteiger partial charge in [0.05, 0.1) is 12.7 Å². The Hall–Kier alpha value is 0.137. The molecule has 1 N–H and O–H groups in total. The van der Waals surface area contributed by atoms with Gasteiger partial charge in [0.1, 0.15) is 0 Å². The van der Waals surface area contributed by atoms with E-state index in [1.807, 2.05) is 0 Å². The van der Waals surface area contributed by atoms with E-state index >= 15 is 0 Å². The maximum atomic E-state index is 8.85. The lowest BCUT2D eigenvalue weighted by molar-refractivity contribution is 0.387. The van der Waals surface area contributed by atoms with Gasteiger partial charge in [-0.1, -0.05) is 13.3 Å². The van der Waals surface area contributed by atoms with E-state index in [-0.39, 0.29) is 0 Å². The summed E-state index contributed by atoms with van der Waals surface area (Å²) in [5.41, 5.74) is 0.498. The summed E-state index contributed by atoms with van der Waals surface area (Å²) in [4.78, 5) is 8.85. The number of epoxide rings is 1. The van der Waals surface area contributed by atoms with E-state index in [1.165, 1.54) is 0 Å². The summed E-state index contributed by atoms with van der Waals surface area (Å²) in [6, 6.07) is 0. The van der Waals surface area contributed by atoms with Crippen molar-refractivity contribution in [3.8, 4) is 0 Å². The monoisotopic (exact) mass is 145 g/mol. The van der Waals surface area contributed by atoms with Crippen LogP contribution in [0.4, 0.5) is 0 Å². The molecule has 3 heteroatoms. The van der Waals surface area contributed by atoms with Crippen molar-refractivity contribution in [2.24, 2.45) is 0 Å². The molecule has 0 aromatic heterocycles. The largest absolute Gasteiger partial charge is 0.438 e. The summed E-state index contributed by atoms with van der Waals surface area (Å²) in [7, 11) is -0.817. The van der Waals surface area contributed by atoms with Crippen LogP contribution >= 0.6 is 0 Å². The highest BCUT2D eigenvalue weighted by Gasteiger charge is 2.25. The lowest BCUT2D eigenvalue weighted by Crippen LogP contribution is -2.04. The van der Waals surface area contributed by atoms with Crippen molar-refractivity contribution in [3.63, 3.8) is 0 Å². The lowest BCUT2D eigenvalue weighted by Gasteiger charge is -2.06.